The van der Waals surface area contributed by atoms with E-state index in [1.165, 1.54) is 0 Å². The minimum Gasteiger partial charge on any atom is -0.481 e. The normalized spacial score (nSPS) is 22.9. The summed E-state index contributed by atoms with van der Waals surface area (Å²) in [5, 5.41) is 8.40. The number of hydrogen-bond donors (Lipinski definition) is 1. The van der Waals surface area contributed by atoms with E-state index in [9.17, 15) is 13.6 Å². The van der Waals surface area contributed by atoms with Crippen LogP contribution in [0, 0.1) is 5.92 Å². The van der Waals surface area contributed by atoms with Crippen LogP contribution < -0.4 is 0 Å². The lowest BCUT2D eigenvalue weighted by Gasteiger charge is -2.27. The first-order valence-corrected chi connectivity index (χ1v) is 4.59. The zero-order valence-corrected chi connectivity index (χ0v) is 7.43. The van der Waals surface area contributed by atoms with E-state index in [2.05, 4.69) is 0 Å². The highest BCUT2D eigenvalue weighted by Crippen LogP contribution is 2.37. The van der Waals surface area contributed by atoms with E-state index in [-0.39, 0.29) is 25.2 Å². The molecule has 1 aliphatic carbocycles. The van der Waals surface area contributed by atoms with Gasteiger partial charge in [0, 0.05) is 19.3 Å². The van der Waals surface area contributed by atoms with Crippen molar-refractivity contribution in [2.45, 2.75) is 44.4 Å². The Morgan fingerprint density at radius 1 is 1.38 bits per heavy atom. The van der Waals surface area contributed by atoms with Crippen LogP contribution in [0.1, 0.15) is 38.5 Å². The van der Waals surface area contributed by atoms with Crippen molar-refractivity contribution in [2.75, 3.05) is 0 Å². The van der Waals surface area contributed by atoms with Crippen molar-refractivity contribution < 1.29 is 18.7 Å². The second kappa shape index (κ2) is 4.03. The standard InChI is InChI=1S/C9H14F2O2/c10-9(11)5-3-7(4-6-9)1-2-8(12)13/h7H,1-6H2,(H,12,13). The Bertz CT molecular complexity index is 182. The van der Waals surface area contributed by atoms with Gasteiger partial charge < -0.3 is 5.11 Å². The maximum Gasteiger partial charge on any atom is 0.303 e. The van der Waals surface area contributed by atoms with Gasteiger partial charge in [0.2, 0.25) is 5.92 Å². The first-order valence-electron chi connectivity index (χ1n) is 4.59. The average molecular weight is 192 g/mol. The molecule has 2 nitrogen and oxygen atoms in total. The molecule has 13 heavy (non-hydrogen) atoms. The summed E-state index contributed by atoms with van der Waals surface area (Å²) in [6.45, 7) is 0. The van der Waals surface area contributed by atoms with Crippen molar-refractivity contribution in [3.8, 4) is 0 Å². The van der Waals surface area contributed by atoms with Crippen molar-refractivity contribution in [2.24, 2.45) is 5.92 Å². The molecule has 1 fully saturated rings. The number of carbonyl (C=O) groups is 1. The fourth-order valence-electron chi connectivity index (χ4n) is 1.72. The zero-order chi connectivity index (χ0) is 9.90. The van der Waals surface area contributed by atoms with Gasteiger partial charge in [-0.3, -0.25) is 4.79 Å². The van der Waals surface area contributed by atoms with Crippen molar-refractivity contribution in [3.05, 3.63) is 0 Å². The Labute approximate surface area is 75.9 Å². The molecule has 0 spiro atoms. The Kier molecular flexibility index (Phi) is 3.22. The van der Waals surface area contributed by atoms with Gasteiger partial charge in [-0.2, -0.15) is 0 Å². The molecular formula is C9H14F2O2. The minimum atomic E-state index is -2.50. The Balaban J connectivity index is 2.21. The van der Waals surface area contributed by atoms with E-state index in [4.69, 9.17) is 5.11 Å². The lowest BCUT2D eigenvalue weighted by molar-refractivity contribution is -0.137. The molecule has 0 radical (unpaired) electrons. The van der Waals surface area contributed by atoms with Gasteiger partial charge in [0.15, 0.2) is 0 Å². The fourth-order valence-corrected chi connectivity index (χ4v) is 1.72. The molecule has 0 aromatic carbocycles. The van der Waals surface area contributed by atoms with Crippen LogP contribution in [0.5, 0.6) is 0 Å². The van der Waals surface area contributed by atoms with Crippen molar-refractivity contribution >= 4 is 5.97 Å². The largest absolute Gasteiger partial charge is 0.481 e. The van der Waals surface area contributed by atoms with Crippen LogP contribution in [-0.2, 0) is 4.79 Å². The van der Waals surface area contributed by atoms with Gasteiger partial charge in [-0.25, -0.2) is 8.78 Å². The predicted octanol–water partition coefficient (Wildman–Crippen LogP) is 2.68. The zero-order valence-electron chi connectivity index (χ0n) is 7.43. The third-order valence-corrected chi connectivity index (χ3v) is 2.60. The van der Waals surface area contributed by atoms with Crippen LogP contribution >= 0.6 is 0 Å². The topological polar surface area (TPSA) is 37.3 Å². The van der Waals surface area contributed by atoms with Crippen LogP contribution in [0.2, 0.25) is 0 Å². The van der Waals surface area contributed by atoms with Crippen molar-refractivity contribution in [1.82, 2.24) is 0 Å². The summed E-state index contributed by atoms with van der Waals surface area (Å²) in [4.78, 5) is 10.2. The molecule has 0 heterocycles. The monoisotopic (exact) mass is 192 g/mol. The maximum atomic E-state index is 12.7. The second-order valence-corrected chi connectivity index (χ2v) is 3.73. The second-order valence-electron chi connectivity index (χ2n) is 3.73. The highest BCUT2D eigenvalue weighted by Gasteiger charge is 2.34. The Morgan fingerprint density at radius 2 is 1.92 bits per heavy atom. The van der Waals surface area contributed by atoms with E-state index in [1.807, 2.05) is 0 Å². The van der Waals surface area contributed by atoms with Gasteiger partial charge in [0.25, 0.3) is 0 Å². The summed E-state index contributed by atoms with van der Waals surface area (Å²) < 4.78 is 25.3. The summed E-state index contributed by atoms with van der Waals surface area (Å²) >= 11 is 0. The van der Waals surface area contributed by atoms with E-state index in [0.29, 0.717) is 19.3 Å². The summed E-state index contributed by atoms with van der Waals surface area (Å²) in [6, 6.07) is 0. The minimum absolute atomic E-state index is 0.0721. The quantitative estimate of drug-likeness (QED) is 0.746. The summed E-state index contributed by atoms with van der Waals surface area (Å²) in [5.41, 5.74) is 0. The number of carboxylic acids is 1. The molecule has 1 N–H and O–H groups in total. The molecule has 0 unspecified atom stereocenters. The van der Waals surface area contributed by atoms with Crippen molar-refractivity contribution in [3.63, 3.8) is 0 Å². The van der Waals surface area contributed by atoms with Crippen LogP contribution in [0.15, 0.2) is 0 Å². The van der Waals surface area contributed by atoms with Crippen LogP contribution in [0.25, 0.3) is 0 Å². The molecule has 1 saturated carbocycles. The average Bonchev–Trinajstić information content (AvgIpc) is 2.02. The Hall–Kier alpha value is -0.670. The molecule has 0 bridgehead atoms. The number of hydrogen-bond acceptors (Lipinski definition) is 1. The molecule has 0 aromatic rings. The lowest BCUT2D eigenvalue weighted by atomic mass is 9.84. The molecule has 0 amide bonds. The highest BCUT2D eigenvalue weighted by atomic mass is 19.3. The predicted molar refractivity (Wildman–Crippen MR) is 43.8 cm³/mol. The van der Waals surface area contributed by atoms with Crippen LogP contribution in [0.3, 0.4) is 0 Å². The molecule has 0 saturated heterocycles. The van der Waals surface area contributed by atoms with Gasteiger partial charge in [0.1, 0.15) is 0 Å². The van der Waals surface area contributed by atoms with Crippen molar-refractivity contribution in [1.29, 1.82) is 0 Å². The highest BCUT2D eigenvalue weighted by molar-refractivity contribution is 5.66. The van der Waals surface area contributed by atoms with Gasteiger partial charge in [-0.15, -0.1) is 0 Å². The van der Waals surface area contributed by atoms with E-state index >= 15 is 0 Å². The van der Waals surface area contributed by atoms with E-state index in [1.54, 1.807) is 0 Å². The molecule has 0 aromatic heterocycles. The van der Waals surface area contributed by atoms with Gasteiger partial charge in [-0.1, -0.05) is 0 Å². The summed E-state index contributed by atoms with van der Waals surface area (Å²) in [5.74, 6) is -3.15. The smallest absolute Gasteiger partial charge is 0.303 e. The maximum absolute atomic E-state index is 12.7. The summed E-state index contributed by atoms with van der Waals surface area (Å²) in [6.07, 6.45) is 1.46. The van der Waals surface area contributed by atoms with E-state index in [0.717, 1.165) is 0 Å². The number of carboxylic acid groups (broad SMARTS) is 1. The molecule has 1 rings (SSSR count). The number of alkyl halides is 2. The third-order valence-electron chi connectivity index (χ3n) is 2.60. The molecule has 76 valence electrons. The molecule has 0 aliphatic heterocycles. The fraction of sp³-hybridized carbons (Fsp3) is 0.889. The first kappa shape index (κ1) is 10.4. The number of halogens is 2. The molecule has 4 heteroatoms. The van der Waals surface area contributed by atoms with Crippen LogP contribution in [-0.4, -0.2) is 17.0 Å². The third kappa shape index (κ3) is 3.70. The molecule has 1 aliphatic rings. The van der Waals surface area contributed by atoms with Gasteiger partial charge in [-0.05, 0) is 25.2 Å². The Morgan fingerprint density at radius 3 is 2.38 bits per heavy atom. The lowest BCUT2D eigenvalue weighted by Crippen LogP contribution is -2.24. The molecular weight excluding hydrogens is 178 g/mol. The van der Waals surface area contributed by atoms with Gasteiger partial charge in [0.05, 0.1) is 0 Å². The number of aliphatic carboxylic acids is 1. The van der Waals surface area contributed by atoms with E-state index < -0.39 is 11.9 Å². The summed E-state index contributed by atoms with van der Waals surface area (Å²) in [7, 11) is 0. The number of rotatable bonds is 3. The van der Waals surface area contributed by atoms with Crippen LogP contribution in [0.4, 0.5) is 8.78 Å². The first-order chi connectivity index (χ1) is 5.99. The van der Waals surface area contributed by atoms with Gasteiger partial charge >= 0.3 is 5.97 Å². The molecule has 0 atom stereocenters. The SMILES string of the molecule is O=C(O)CCC1CCC(F)(F)CC1.